The molecule has 0 aliphatic carbocycles. The van der Waals surface area contributed by atoms with Crippen LogP contribution in [0.15, 0.2) is 42.0 Å². The second kappa shape index (κ2) is 8.43. The number of carbonyl (C=O) groups excluding carboxylic acids is 1. The average molecular weight is 414 g/mol. The Kier molecular flexibility index (Phi) is 6.08. The van der Waals surface area contributed by atoms with Gasteiger partial charge in [-0.25, -0.2) is 0 Å². The minimum atomic E-state index is -0.392. The molecular weight excluding hydrogens is 382 g/mol. The lowest BCUT2D eigenvalue weighted by Gasteiger charge is -2.43. The summed E-state index contributed by atoms with van der Waals surface area (Å²) in [6, 6.07) is 12.1. The molecule has 31 heavy (non-hydrogen) atoms. The van der Waals surface area contributed by atoms with Gasteiger partial charge in [-0.2, -0.15) is 5.26 Å². The van der Waals surface area contributed by atoms with Crippen molar-refractivity contribution < 1.29 is 4.79 Å². The van der Waals surface area contributed by atoms with Crippen molar-refractivity contribution in [3.63, 3.8) is 0 Å². The number of hydrogen-bond donors (Lipinski definition) is 1. The first-order valence-corrected chi connectivity index (χ1v) is 10.7. The summed E-state index contributed by atoms with van der Waals surface area (Å²) < 4.78 is 0. The summed E-state index contributed by atoms with van der Waals surface area (Å²) in [6.45, 7) is 15.6. The smallest absolute Gasteiger partial charge is 0.266 e. The summed E-state index contributed by atoms with van der Waals surface area (Å²) in [5.74, 6) is -0.392. The van der Waals surface area contributed by atoms with Gasteiger partial charge in [-0.1, -0.05) is 18.2 Å². The molecule has 0 spiro atoms. The maximum atomic E-state index is 12.8. The van der Waals surface area contributed by atoms with Crippen molar-refractivity contribution >= 4 is 28.9 Å². The Morgan fingerprint density at radius 2 is 1.87 bits per heavy atom. The second-order valence-electron chi connectivity index (χ2n) is 8.82. The molecule has 0 saturated heterocycles. The molecule has 1 N–H and O–H groups in total. The number of allylic oxidation sites excluding steroid dienone is 1. The molecule has 0 bridgehead atoms. The Morgan fingerprint density at radius 3 is 2.52 bits per heavy atom. The van der Waals surface area contributed by atoms with Crippen LogP contribution < -0.4 is 10.2 Å². The molecule has 1 aliphatic rings. The molecule has 4 nitrogen and oxygen atoms in total. The van der Waals surface area contributed by atoms with Gasteiger partial charge in [-0.05, 0) is 101 Å². The highest BCUT2D eigenvalue weighted by Crippen LogP contribution is 2.40. The minimum Gasteiger partial charge on any atom is -0.363 e. The molecule has 1 amide bonds. The number of amides is 1. The lowest BCUT2D eigenvalue weighted by molar-refractivity contribution is -0.112. The first-order valence-electron chi connectivity index (χ1n) is 10.7. The van der Waals surface area contributed by atoms with Crippen LogP contribution in [-0.2, 0) is 4.79 Å². The summed E-state index contributed by atoms with van der Waals surface area (Å²) in [7, 11) is 0. The number of nitrogens with one attached hydrogen (secondary N) is 1. The van der Waals surface area contributed by atoms with Crippen molar-refractivity contribution in [1.29, 1.82) is 5.26 Å². The predicted molar refractivity (Wildman–Crippen MR) is 130 cm³/mol. The summed E-state index contributed by atoms with van der Waals surface area (Å²) >= 11 is 0. The lowest BCUT2D eigenvalue weighted by Crippen LogP contribution is -2.44. The average Bonchev–Trinajstić information content (AvgIpc) is 2.69. The molecule has 1 aliphatic heterocycles. The molecule has 3 rings (SSSR count). The van der Waals surface area contributed by atoms with Crippen LogP contribution in [-0.4, -0.2) is 18.0 Å². The fourth-order valence-electron chi connectivity index (χ4n) is 4.36. The Bertz CT molecular complexity index is 1150. The molecule has 2 aromatic carbocycles. The molecule has 0 fully saturated rings. The van der Waals surface area contributed by atoms with Gasteiger partial charge in [0, 0.05) is 23.5 Å². The van der Waals surface area contributed by atoms with Gasteiger partial charge >= 0.3 is 0 Å². The van der Waals surface area contributed by atoms with E-state index in [1.54, 1.807) is 6.08 Å². The van der Waals surface area contributed by atoms with E-state index < -0.39 is 5.91 Å². The highest BCUT2D eigenvalue weighted by atomic mass is 16.1. The van der Waals surface area contributed by atoms with Gasteiger partial charge in [0.05, 0.1) is 5.54 Å². The largest absolute Gasteiger partial charge is 0.363 e. The monoisotopic (exact) mass is 413 g/mol. The Balaban J connectivity index is 2.01. The number of hydrogen-bond acceptors (Lipinski definition) is 3. The van der Waals surface area contributed by atoms with Gasteiger partial charge in [-0.15, -0.1) is 0 Å². The summed E-state index contributed by atoms with van der Waals surface area (Å²) in [4.78, 5) is 15.2. The maximum Gasteiger partial charge on any atom is 0.266 e. The zero-order valence-electron chi connectivity index (χ0n) is 19.6. The molecule has 0 aromatic heterocycles. The minimum absolute atomic E-state index is 0.0565. The van der Waals surface area contributed by atoms with E-state index >= 15 is 0 Å². The van der Waals surface area contributed by atoms with Crippen LogP contribution in [0.3, 0.4) is 0 Å². The standard InChI is InChI=1S/C27H31N3O/c1-8-30-25-12-18(3)21(14-23(25)19(4)15-27(30,6)7)13-22(16-28)26(31)29-24-11-9-10-17(2)20(24)5/h9-15H,8H2,1-7H3,(H,29,31)/b22-13-. The van der Waals surface area contributed by atoms with Crippen LogP contribution in [0.5, 0.6) is 0 Å². The van der Waals surface area contributed by atoms with Gasteiger partial charge < -0.3 is 10.2 Å². The van der Waals surface area contributed by atoms with Crippen molar-refractivity contribution in [2.75, 3.05) is 16.8 Å². The van der Waals surface area contributed by atoms with Crippen LogP contribution in [0.4, 0.5) is 11.4 Å². The number of aryl methyl sites for hydroxylation is 2. The molecule has 0 unspecified atom stereocenters. The molecule has 0 atom stereocenters. The highest BCUT2D eigenvalue weighted by molar-refractivity contribution is 6.10. The van der Waals surface area contributed by atoms with E-state index in [2.05, 4.69) is 62.2 Å². The fraction of sp³-hybridized carbons (Fsp3) is 0.333. The third kappa shape index (κ3) is 4.27. The Labute approximate surface area is 185 Å². The normalized spacial score (nSPS) is 15.1. The van der Waals surface area contributed by atoms with Crippen LogP contribution in [0.1, 0.15) is 55.5 Å². The van der Waals surface area contributed by atoms with Gasteiger partial charge in [0.15, 0.2) is 0 Å². The molecule has 1 heterocycles. The van der Waals surface area contributed by atoms with Crippen LogP contribution in [0, 0.1) is 32.1 Å². The maximum absolute atomic E-state index is 12.8. The third-order valence-electron chi connectivity index (χ3n) is 6.20. The molecule has 0 radical (unpaired) electrons. The lowest BCUT2D eigenvalue weighted by atomic mass is 9.86. The van der Waals surface area contributed by atoms with E-state index in [1.165, 1.54) is 11.3 Å². The van der Waals surface area contributed by atoms with Crippen LogP contribution in [0.2, 0.25) is 0 Å². The first-order chi connectivity index (χ1) is 14.6. The zero-order chi connectivity index (χ0) is 22.9. The van der Waals surface area contributed by atoms with E-state index in [1.807, 2.05) is 39.0 Å². The highest BCUT2D eigenvalue weighted by Gasteiger charge is 2.30. The molecule has 0 saturated carbocycles. The molecule has 2 aromatic rings. The Hall–Kier alpha value is -3.32. The number of fused-ring (bicyclic) bond motifs is 1. The van der Waals surface area contributed by atoms with E-state index in [-0.39, 0.29) is 11.1 Å². The summed E-state index contributed by atoms with van der Waals surface area (Å²) in [5, 5.41) is 12.6. The number of nitriles is 1. The number of likely N-dealkylation sites (N-methyl/N-ethyl adjacent to an activating group) is 1. The molecule has 160 valence electrons. The molecular formula is C27H31N3O. The van der Waals surface area contributed by atoms with Gasteiger partial charge in [0.2, 0.25) is 0 Å². The fourth-order valence-corrected chi connectivity index (χ4v) is 4.36. The van der Waals surface area contributed by atoms with Crippen molar-refractivity contribution in [2.24, 2.45) is 0 Å². The van der Waals surface area contributed by atoms with E-state index in [0.717, 1.165) is 40.0 Å². The number of rotatable bonds is 4. The van der Waals surface area contributed by atoms with Crippen LogP contribution >= 0.6 is 0 Å². The second-order valence-corrected chi connectivity index (χ2v) is 8.82. The van der Waals surface area contributed by atoms with E-state index in [4.69, 9.17) is 0 Å². The number of benzene rings is 2. The number of carbonyl (C=O) groups is 1. The van der Waals surface area contributed by atoms with Crippen LogP contribution in [0.25, 0.3) is 11.6 Å². The quantitative estimate of drug-likeness (QED) is 0.481. The van der Waals surface area contributed by atoms with Crippen molar-refractivity contribution in [2.45, 2.75) is 54.0 Å². The van der Waals surface area contributed by atoms with Gasteiger partial charge in [-0.3, -0.25) is 4.79 Å². The SMILES string of the molecule is CCN1c2cc(C)c(/C=C(/C#N)C(=O)Nc3cccc(C)c3C)cc2C(C)=CC1(C)C. The number of anilines is 2. The first kappa shape index (κ1) is 22.4. The van der Waals surface area contributed by atoms with E-state index in [0.29, 0.717) is 0 Å². The summed E-state index contributed by atoms with van der Waals surface area (Å²) in [5.41, 5.74) is 8.33. The van der Waals surface area contributed by atoms with Crippen molar-refractivity contribution in [3.05, 3.63) is 69.8 Å². The van der Waals surface area contributed by atoms with Crippen molar-refractivity contribution in [3.8, 4) is 6.07 Å². The zero-order valence-corrected chi connectivity index (χ0v) is 19.6. The number of nitrogens with zero attached hydrogens (tertiary/aromatic N) is 2. The Morgan fingerprint density at radius 1 is 1.16 bits per heavy atom. The topological polar surface area (TPSA) is 56.1 Å². The van der Waals surface area contributed by atoms with Gasteiger partial charge in [0.25, 0.3) is 5.91 Å². The van der Waals surface area contributed by atoms with Gasteiger partial charge in [0.1, 0.15) is 11.6 Å². The molecule has 4 heteroatoms. The van der Waals surface area contributed by atoms with Crippen molar-refractivity contribution in [1.82, 2.24) is 0 Å². The van der Waals surface area contributed by atoms with E-state index in [9.17, 15) is 10.1 Å². The third-order valence-corrected chi connectivity index (χ3v) is 6.20. The summed E-state index contributed by atoms with van der Waals surface area (Å²) in [6.07, 6.45) is 3.97. The predicted octanol–water partition coefficient (Wildman–Crippen LogP) is 6.18.